The van der Waals surface area contributed by atoms with Gasteiger partial charge < -0.3 is 136 Å². The van der Waals surface area contributed by atoms with E-state index in [9.17, 15) is 95.5 Å². The minimum atomic E-state index is -3.27. The lowest BCUT2D eigenvalue weighted by molar-refractivity contribution is -0.386. The highest BCUT2D eigenvalue weighted by atomic mass is 16.8. The number of carbonyl (C=O) groups is 5. The molecule has 0 aromatic carbocycles. The minimum absolute atomic E-state index is 0.172. The summed E-state index contributed by atoms with van der Waals surface area (Å²) in [5.74, 6) is -12.9. The molecule has 0 saturated carbocycles. The second kappa shape index (κ2) is 57.4. The van der Waals surface area contributed by atoms with Crippen LogP contribution >= 0.6 is 0 Å². The van der Waals surface area contributed by atoms with Gasteiger partial charge in [-0.25, -0.2) is 9.59 Å². The molecule has 4 aliphatic rings. The number of nitrogens with one attached hydrogen (secondary N) is 1. The third kappa shape index (κ3) is 36.3. The van der Waals surface area contributed by atoms with Gasteiger partial charge in [0.15, 0.2) is 12.6 Å². The number of aliphatic hydroxyl groups excluding tert-OH is 12. The fraction of sp³-hybridized carbons (Fsp3) is 0.915. The predicted octanol–water partition coefficient (Wildman–Crippen LogP) is 5.81. The van der Waals surface area contributed by atoms with Gasteiger partial charge in [-0.3, -0.25) is 14.4 Å². The van der Waals surface area contributed by atoms with Crippen LogP contribution in [-0.2, 0) is 71.3 Å². The Morgan fingerprint density at radius 2 is 0.860 bits per heavy atom. The molecule has 24 atom stereocenters. The maximum Gasteiger partial charge on any atom is 0.364 e. The largest absolute Gasteiger partial charge is 0.477 e. The van der Waals surface area contributed by atoms with Crippen LogP contribution in [0.25, 0.3) is 0 Å². The molecule has 0 radical (unpaired) electrons. The van der Waals surface area contributed by atoms with E-state index in [1.54, 1.807) is 6.08 Å². The zero-order valence-electron chi connectivity index (χ0n) is 68.6. The van der Waals surface area contributed by atoms with Gasteiger partial charge in [0.1, 0.15) is 98.7 Å². The molecule has 4 rings (SSSR count). The molecule has 4 aliphatic heterocycles. The van der Waals surface area contributed by atoms with E-state index in [-0.39, 0.29) is 12.3 Å². The van der Waals surface area contributed by atoms with Gasteiger partial charge in [0.05, 0.1) is 56.3 Å². The molecule has 4 heterocycles. The van der Waals surface area contributed by atoms with Crippen LogP contribution in [0.2, 0.25) is 0 Å². The number of carboxylic acids is 2. The number of rotatable bonds is 64. The summed E-state index contributed by atoms with van der Waals surface area (Å²) in [5.41, 5.74) is 12.4. The number of ether oxygens (including phenoxy) is 10. The average Bonchev–Trinajstić information content (AvgIpc) is 0.753. The summed E-state index contributed by atoms with van der Waals surface area (Å²) in [6.07, 6.45) is 10.1. The molecule has 0 aliphatic carbocycles. The quantitative estimate of drug-likeness (QED) is 0.0194. The van der Waals surface area contributed by atoms with E-state index in [1.165, 1.54) is 186 Å². The Labute approximate surface area is 675 Å². The summed E-state index contributed by atoms with van der Waals surface area (Å²) < 4.78 is 56.5. The summed E-state index contributed by atoms with van der Waals surface area (Å²) in [5, 5.41) is 160. The molecule has 114 heavy (non-hydrogen) atoms. The number of aliphatic hydroxyl groups is 12. The topological polar surface area (TPSA) is 525 Å². The van der Waals surface area contributed by atoms with E-state index in [0.717, 1.165) is 65.2 Å². The van der Waals surface area contributed by atoms with Gasteiger partial charge >= 0.3 is 23.9 Å². The van der Waals surface area contributed by atoms with Crippen molar-refractivity contribution < 1.29 is 143 Å². The first-order valence-corrected chi connectivity index (χ1v) is 43.1. The van der Waals surface area contributed by atoms with E-state index in [2.05, 4.69) is 19.2 Å². The first-order valence-electron chi connectivity index (χ1n) is 43.1. The number of nitrogens with two attached hydrogens (primary N) is 2. The van der Waals surface area contributed by atoms with Crippen LogP contribution in [-0.4, -0.2) is 280 Å². The molecular weight excluding hydrogens is 1490 g/mol. The third-order valence-electron chi connectivity index (χ3n) is 22.4. The smallest absolute Gasteiger partial charge is 0.364 e. The first-order chi connectivity index (χ1) is 54.6. The van der Waals surface area contributed by atoms with Crippen LogP contribution < -0.4 is 16.8 Å². The van der Waals surface area contributed by atoms with E-state index < -0.39 is 216 Å². The number of unbranched alkanes of at least 4 members (excludes halogenated alkanes) is 37. The zero-order chi connectivity index (χ0) is 84.0. The van der Waals surface area contributed by atoms with E-state index in [4.69, 9.17) is 58.8 Å². The molecule has 1 amide bonds. The van der Waals surface area contributed by atoms with Crippen molar-refractivity contribution in [2.75, 3.05) is 33.0 Å². The number of carboxylic acid groups (broad SMARTS) is 2. The summed E-state index contributed by atoms with van der Waals surface area (Å²) >= 11 is 0. The highest BCUT2D eigenvalue weighted by Gasteiger charge is 2.62. The molecule has 0 aromatic rings. The Hall–Kier alpha value is -3.79. The summed E-state index contributed by atoms with van der Waals surface area (Å²) in [7, 11) is 0. The lowest BCUT2D eigenvalue weighted by Crippen LogP contribution is -2.71. The van der Waals surface area contributed by atoms with Gasteiger partial charge in [0.2, 0.25) is 5.91 Å². The number of allylic oxidation sites excluding steroid dienone is 1. The van der Waals surface area contributed by atoms with Crippen molar-refractivity contribution in [3.8, 4) is 0 Å². The molecular formula is C82H149N3O29. The van der Waals surface area contributed by atoms with Crippen molar-refractivity contribution >= 4 is 29.8 Å². The first kappa shape index (κ1) is 103. The van der Waals surface area contributed by atoms with Crippen molar-refractivity contribution in [1.29, 1.82) is 0 Å². The second-order valence-electron chi connectivity index (χ2n) is 32.1. The van der Waals surface area contributed by atoms with Crippen molar-refractivity contribution in [3.05, 3.63) is 12.2 Å². The van der Waals surface area contributed by atoms with Gasteiger partial charge in [-0.2, -0.15) is 0 Å². The number of carbonyl (C=O) groups excluding carboxylic acids is 3. The number of hydrogen-bond acceptors (Lipinski definition) is 29. The monoisotopic (exact) mass is 1640 g/mol. The van der Waals surface area contributed by atoms with Crippen LogP contribution in [0.4, 0.5) is 0 Å². The number of hydrogen-bond donors (Lipinski definition) is 17. The molecule has 666 valence electrons. The lowest BCUT2D eigenvalue weighted by Gasteiger charge is -2.51. The maximum absolute atomic E-state index is 13.6. The van der Waals surface area contributed by atoms with E-state index in [1.807, 2.05) is 6.08 Å². The van der Waals surface area contributed by atoms with Gasteiger partial charge in [0, 0.05) is 33.1 Å². The van der Waals surface area contributed by atoms with Crippen LogP contribution in [0, 0.1) is 0 Å². The van der Waals surface area contributed by atoms with Crippen molar-refractivity contribution in [2.24, 2.45) is 11.5 Å². The number of amides is 1. The summed E-state index contributed by atoms with van der Waals surface area (Å²) in [6, 6.07) is -4.61. The fourth-order valence-electron chi connectivity index (χ4n) is 15.3. The standard InChI is InChI=1S/C82H149N3O29/c1-5-7-9-11-13-15-17-19-21-23-24-25-26-27-28-30-32-34-36-38-40-42-44-46-64(94)85-56(57(90)45-43-41-39-37-35-33-31-29-22-20-18-16-14-12-10-8-6-2)51-107-77-71(99)69(97)73(61(49-86)108-77)110-78-72(100)70(98)74(62(50-87)109-78)112-82(80(103)104)48-59(92)66(84)76(114-82)68(96)63(53-106-55(4)89)111-81(79(101)102)47-58(91)65(83)75(113-81)67(95)60(93)52-105-54(3)88/h43,45,56-63,65-78,86-87,90-93,95-100H,5-42,44,46-53,83-84H2,1-4H3,(H,85,94)(H,101,102)(H,103,104)/b45-43+/t56?,57?,58-,59-,60+,61+,62+,63+,65+,66+,67+,68+,69+,70+,71+,72+,73+,74-,75+,76+,77+,78-,81+,82+/m0/s1. The summed E-state index contributed by atoms with van der Waals surface area (Å²) in [6.45, 7) is 1.79. The molecule has 0 aromatic heterocycles. The van der Waals surface area contributed by atoms with Gasteiger partial charge in [0.25, 0.3) is 11.6 Å². The third-order valence-corrected chi connectivity index (χ3v) is 22.4. The van der Waals surface area contributed by atoms with E-state index >= 15 is 0 Å². The predicted molar refractivity (Wildman–Crippen MR) is 418 cm³/mol. The summed E-state index contributed by atoms with van der Waals surface area (Å²) in [4.78, 5) is 63.9. The highest BCUT2D eigenvalue weighted by molar-refractivity contribution is 5.77. The lowest BCUT2D eigenvalue weighted by atomic mass is 9.87. The van der Waals surface area contributed by atoms with Crippen LogP contribution in [0.15, 0.2) is 12.2 Å². The Bertz CT molecular complexity index is 2620. The van der Waals surface area contributed by atoms with Crippen LogP contribution in [0.3, 0.4) is 0 Å². The van der Waals surface area contributed by atoms with Crippen molar-refractivity contribution in [3.63, 3.8) is 0 Å². The Kier molecular flexibility index (Phi) is 51.7. The Balaban J connectivity index is 1.37. The molecule has 4 saturated heterocycles. The normalized spacial score (nSPS) is 29.7. The SMILES string of the molecule is CCCCCCCCCCCCCCCCC/C=C/C(O)C(CO[C@@H]1O[C@H](CO)[C@@H](O[C@@H]2O[C@H](CO)[C@H](O[C@]3(C(=O)O)C[C@H](O)[C@@H](N)[C@H]([C@H](O)[C@@H](COC(C)=O)O[C@]4(C(=O)O)C[C@H](O)[C@@H](N)[C@H]([C@H](O)[C@H](O)COC(C)=O)O4)O3)[C@H](O)[C@H]2O)[C@H](O)[C@H]1O)NC(=O)CCCCCCCCCCCCCCCCCCCCCCCCC. The maximum atomic E-state index is 13.6. The minimum Gasteiger partial charge on any atom is -0.477 e. The Morgan fingerprint density at radius 3 is 1.30 bits per heavy atom. The van der Waals surface area contributed by atoms with Crippen molar-refractivity contribution in [2.45, 2.75) is 443 Å². The average molecular weight is 1640 g/mol. The molecule has 4 fully saturated rings. The molecule has 32 nitrogen and oxygen atoms in total. The van der Waals surface area contributed by atoms with Gasteiger partial charge in [-0.1, -0.05) is 257 Å². The second-order valence-corrected chi connectivity index (χ2v) is 32.1. The number of aliphatic carboxylic acids is 2. The Morgan fingerprint density at radius 1 is 0.482 bits per heavy atom. The zero-order valence-corrected chi connectivity index (χ0v) is 68.6. The molecule has 19 N–H and O–H groups in total. The molecule has 32 heteroatoms. The highest BCUT2D eigenvalue weighted by Crippen LogP contribution is 2.41. The molecule has 0 spiro atoms. The van der Waals surface area contributed by atoms with Crippen LogP contribution in [0.5, 0.6) is 0 Å². The molecule has 2 unspecified atom stereocenters. The van der Waals surface area contributed by atoms with E-state index in [0.29, 0.717) is 12.8 Å². The molecule has 0 bridgehead atoms. The number of esters is 2. The fourth-order valence-corrected chi connectivity index (χ4v) is 15.3. The van der Waals surface area contributed by atoms with Crippen molar-refractivity contribution in [1.82, 2.24) is 5.32 Å². The van der Waals surface area contributed by atoms with Gasteiger partial charge in [-0.15, -0.1) is 0 Å². The van der Waals surface area contributed by atoms with Gasteiger partial charge in [-0.05, 0) is 19.3 Å². The van der Waals surface area contributed by atoms with Crippen LogP contribution in [0.1, 0.15) is 297 Å².